The molecule has 0 amide bonds. The maximum Gasteiger partial charge on any atom is 0.331 e. The Hall–Kier alpha value is -1.70. The minimum absolute atomic E-state index is 0.00545. The van der Waals surface area contributed by atoms with Crippen LogP contribution in [0.3, 0.4) is 0 Å². The smallest absolute Gasteiger partial charge is 0.331 e. The third-order valence-corrected chi connectivity index (χ3v) is 13.2. The largest absolute Gasteiger partial charge is 0.478 e. The minimum atomic E-state index is -0.911. The highest BCUT2D eigenvalue weighted by atomic mass is 16.5. The third kappa shape index (κ3) is 4.64. The third-order valence-electron chi connectivity index (χ3n) is 13.2. The van der Waals surface area contributed by atoms with Crippen molar-refractivity contribution in [2.75, 3.05) is 6.54 Å². The van der Waals surface area contributed by atoms with Crippen molar-refractivity contribution in [2.24, 2.45) is 51.6 Å². The molecule has 0 bridgehead atoms. The van der Waals surface area contributed by atoms with Crippen LogP contribution in [-0.4, -0.2) is 52.1 Å². The normalized spacial score (nSPS) is 47.1. The van der Waals surface area contributed by atoms with Crippen LogP contribution in [0, 0.1) is 45.8 Å². The Morgan fingerprint density at radius 1 is 1.00 bits per heavy atom. The van der Waals surface area contributed by atoms with Gasteiger partial charge in [-0.05, 0) is 130 Å². The van der Waals surface area contributed by atoms with Crippen LogP contribution in [0.15, 0.2) is 22.3 Å². The highest BCUT2D eigenvalue weighted by Gasteiger charge is 2.71. The number of carbonyl (C=O) groups is 2. The maximum absolute atomic E-state index is 13.1. The van der Waals surface area contributed by atoms with E-state index in [1.807, 2.05) is 0 Å². The number of hydrogen-bond donors (Lipinski definition) is 4. The number of ether oxygens (including phenoxy) is 1. The number of carbonyl (C=O) groups excluding carboxylic acids is 1. The number of aliphatic carboxylic acids is 1. The first-order valence-corrected chi connectivity index (χ1v) is 16.1. The van der Waals surface area contributed by atoms with Crippen molar-refractivity contribution in [1.29, 1.82) is 0 Å². The number of aliphatic hydroxyl groups excluding tert-OH is 2. The predicted octanol–water partition coefficient (Wildman–Crippen LogP) is 5.39. The second kappa shape index (κ2) is 10.8. The van der Waals surface area contributed by atoms with Crippen LogP contribution in [0.4, 0.5) is 0 Å². The second-order valence-electron chi connectivity index (χ2n) is 15.2. The standard InChI is InChI=1S/C34H53NO6/c1-18(2)20-8-7-9-21(14-20)28(31(39)40)29-24-15-26(38)30-32(4)12-11-25(37)22(17-35)23(32)10-13-33(30,5)34(24,6)16-27(29)41-19(3)36/h21-27,30,37-38H,7-17,35H2,1-6H3,(H,39,40)/b29-28-/t21?,22-,23-,24-,25+,26+,27-,30-,32-,33-,34-/m0/s1. The van der Waals surface area contributed by atoms with E-state index >= 15 is 0 Å². The van der Waals surface area contributed by atoms with Gasteiger partial charge in [-0.25, -0.2) is 4.79 Å². The molecule has 5 saturated carbocycles. The molecular weight excluding hydrogens is 518 g/mol. The number of nitrogens with two attached hydrogens (primary N) is 1. The van der Waals surface area contributed by atoms with E-state index in [-0.39, 0.29) is 45.8 Å². The summed E-state index contributed by atoms with van der Waals surface area (Å²) in [6.45, 7) is 13.0. The molecule has 41 heavy (non-hydrogen) atoms. The van der Waals surface area contributed by atoms with Crippen molar-refractivity contribution in [3.8, 4) is 0 Å². The van der Waals surface area contributed by atoms with Gasteiger partial charge in [-0.1, -0.05) is 31.9 Å². The van der Waals surface area contributed by atoms with E-state index in [2.05, 4.69) is 34.6 Å². The van der Waals surface area contributed by atoms with E-state index in [9.17, 15) is 24.9 Å². The number of carboxylic acids is 1. The number of hydrogen-bond acceptors (Lipinski definition) is 6. The van der Waals surface area contributed by atoms with E-state index in [1.54, 1.807) is 0 Å². The number of rotatable bonds is 4. The van der Waals surface area contributed by atoms with Gasteiger partial charge in [0.05, 0.1) is 12.2 Å². The first-order valence-electron chi connectivity index (χ1n) is 16.1. The van der Waals surface area contributed by atoms with Gasteiger partial charge < -0.3 is 25.8 Å². The zero-order chi connectivity index (χ0) is 30.1. The summed E-state index contributed by atoms with van der Waals surface area (Å²) < 4.78 is 6.01. The maximum atomic E-state index is 13.1. The lowest BCUT2D eigenvalue weighted by Gasteiger charge is -2.69. The van der Waals surface area contributed by atoms with Crippen molar-refractivity contribution >= 4 is 11.9 Å². The molecule has 5 fully saturated rings. The van der Waals surface area contributed by atoms with Crippen LogP contribution in [-0.2, 0) is 14.3 Å². The quantitative estimate of drug-likeness (QED) is 0.202. The van der Waals surface area contributed by atoms with Gasteiger partial charge in [0, 0.05) is 18.4 Å². The van der Waals surface area contributed by atoms with Crippen molar-refractivity contribution in [3.05, 3.63) is 22.3 Å². The fraction of sp³-hybridized carbons (Fsp3) is 0.824. The Morgan fingerprint density at radius 3 is 2.32 bits per heavy atom. The van der Waals surface area contributed by atoms with Gasteiger partial charge in [0.25, 0.3) is 0 Å². The number of fused-ring (bicyclic) bond motifs is 5. The van der Waals surface area contributed by atoms with Gasteiger partial charge >= 0.3 is 11.9 Å². The summed E-state index contributed by atoms with van der Waals surface area (Å²) in [6, 6.07) is 0. The Bertz CT molecular complexity index is 1140. The van der Waals surface area contributed by atoms with E-state index in [0.717, 1.165) is 50.5 Å². The summed E-state index contributed by atoms with van der Waals surface area (Å²) in [7, 11) is 0. The number of aliphatic hydroxyl groups is 2. The molecule has 5 rings (SSSR count). The number of carboxylic acid groups (broad SMARTS) is 1. The average molecular weight is 572 g/mol. The molecule has 0 aliphatic heterocycles. The van der Waals surface area contributed by atoms with Gasteiger partial charge in [-0.15, -0.1) is 0 Å². The molecule has 0 aromatic rings. The number of allylic oxidation sites excluding steroid dienone is 2. The molecule has 1 unspecified atom stereocenters. The minimum Gasteiger partial charge on any atom is -0.478 e. The molecule has 230 valence electrons. The highest BCUT2D eigenvalue weighted by Crippen LogP contribution is 2.74. The van der Waals surface area contributed by atoms with Gasteiger partial charge in [0.1, 0.15) is 6.10 Å². The Balaban J connectivity index is 1.63. The second-order valence-corrected chi connectivity index (χ2v) is 15.2. The molecule has 0 aromatic carbocycles. The SMILES string of the molecule is CC(=O)O[C@H]1C[C@@]2(C)[C@@H](C[C@@H](O)[C@H]3[C@@]4(C)CC[C@@H](O)[C@@H](CN)[C@@H]4CC[C@@]32C)/C1=C(/C(=O)O)C1CCCC(=C(C)C)C1. The summed E-state index contributed by atoms with van der Waals surface area (Å²) in [4.78, 5) is 25.6. The lowest BCUT2D eigenvalue weighted by Crippen LogP contribution is -2.66. The van der Waals surface area contributed by atoms with Gasteiger partial charge in [-0.3, -0.25) is 4.79 Å². The molecule has 0 saturated heterocycles. The zero-order valence-corrected chi connectivity index (χ0v) is 26.0. The zero-order valence-electron chi connectivity index (χ0n) is 26.0. The highest BCUT2D eigenvalue weighted by molar-refractivity contribution is 5.89. The molecule has 0 aromatic heterocycles. The predicted molar refractivity (Wildman–Crippen MR) is 158 cm³/mol. The Labute approximate surface area is 246 Å². The molecule has 0 radical (unpaired) electrons. The van der Waals surface area contributed by atoms with E-state index in [1.165, 1.54) is 18.1 Å². The molecule has 7 nitrogen and oxygen atoms in total. The summed E-state index contributed by atoms with van der Waals surface area (Å²) in [5.74, 6) is -1.34. The van der Waals surface area contributed by atoms with Crippen molar-refractivity contribution in [3.63, 3.8) is 0 Å². The first-order chi connectivity index (χ1) is 19.2. The molecule has 0 heterocycles. The topological polar surface area (TPSA) is 130 Å². The molecule has 11 atom stereocenters. The van der Waals surface area contributed by atoms with Crippen LogP contribution in [0.1, 0.15) is 106 Å². The van der Waals surface area contributed by atoms with Gasteiger partial charge in [0.2, 0.25) is 0 Å². The van der Waals surface area contributed by atoms with Crippen LogP contribution in [0.5, 0.6) is 0 Å². The molecule has 5 aliphatic rings. The monoisotopic (exact) mass is 571 g/mol. The van der Waals surface area contributed by atoms with Crippen molar-refractivity contribution in [2.45, 2.75) is 124 Å². The number of esters is 1. The molecular formula is C34H53NO6. The van der Waals surface area contributed by atoms with Crippen LogP contribution in [0.25, 0.3) is 0 Å². The molecule has 0 spiro atoms. The summed E-state index contributed by atoms with van der Waals surface area (Å²) >= 11 is 0. The summed E-state index contributed by atoms with van der Waals surface area (Å²) in [5, 5.41) is 33.7. The van der Waals surface area contributed by atoms with Crippen molar-refractivity contribution < 1.29 is 29.6 Å². The fourth-order valence-corrected chi connectivity index (χ4v) is 11.3. The molecule has 5 aliphatic carbocycles. The summed E-state index contributed by atoms with van der Waals surface area (Å²) in [5.41, 5.74) is 9.20. The van der Waals surface area contributed by atoms with E-state index in [0.29, 0.717) is 31.4 Å². The molecule has 7 heteroatoms. The first kappa shape index (κ1) is 30.7. The summed E-state index contributed by atoms with van der Waals surface area (Å²) in [6.07, 6.45) is 6.27. The van der Waals surface area contributed by atoms with Crippen LogP contribution in [0.2, 0.25) is 0 Å². The Kier molecular flexibility index (Phi) is 8.09. The van der Waals surface area contributed by atoms with E-state index in [4.69, 9.17) is 10.5 Å². The molecule has 5 N–H and O–H groups in total. The van der Waals surface area contributed by atoms with Crippen molar-refractivity contribution in [1.82, 2.24) is 0 Å². The average Bonchev–Trinajstić information content (AvgIpc) is 3.16. The van der Waals surface area contributed by atoms with Crippen LogP contribution < -0.4 is 5.73 Å². The lowest BCUT2D eigenvalue weighted by molar-refractivity contribution is -0.234. The Morgan fingerprint density at radius 2 is 1.71 bits per heavy atom. The lowest BCUT2D eigenvalue weighted by atomic mass is 9.36. The fourth-order valence-electron chi connectivity index (χ4n) is 11.3. The van der Waals surface area contributed by atoms with Gasteiger partial charge in [-0.2, -0.15) is 0 Å². The van der Waals surface area contributed by atoms with E-state index < -0.39 is 30.3 Å². The van der Waals surface area contributed by atoms with Gasteiger partial charge in [0.15, 0.2) is 0 Å². The van der Waals surface area contributed by atoms with Crippen LogP contribution >= 0.6 is 0 Å².